The zero-order valence-electron chi connectivity index (χ0n) is 13.1. The van der Waals surface area contributed by atoms with Gasteiger partial charge in [-0.05, 0) is 46.8 Å². The van der Waals surface area contributed by atoms with Crippen LogP contribution >= 0.6 is 0 Å². The molecule has 0 aromatic carbocycles. The summed E-state index contributed by atoms with van der Waals surface area (Å²) in [6, 6.07) is 3.88. The Bertz CT molecular complexity index is 394. The summed E-state index contributed by atoms with van der Waals surface area (Å²) in [4.78, 5) is 13.8. The second-order valence-corrected chi connectivity index (χ2v) is 6.02. The summed E-state index contributed by atoms with van der Waals surface area (Å²) >= 11 is 0. The lowest BCUT2D eigenvalue weighted by atomic mass is 10.2. The van der Waals surface area contributed by atoms with Crippen molar-refractivity contribution in [2.24, 2.45) is 0 Å². The molecule has 0 aliphatic heterocycles. The van der Waals surface area contributed by atoms with E-state index in [9.17, 15) is 4.79 Å². The Morgan fingerprint density at radius 2 is 2.15 bits per heavy atom. The van der Waals surface area contributed by atoms with Gasteiger partial charge in [-0.2, -0.15) is 0 Å². The first-order valence-electron chi connectivity index (χ1n) is 7.02. The van der Waals surface area contributed by atoms with Crippen LogP contribution in [0.15, 0.2) is 22.8 Å². The van der Waals surface area contributed by atoms with Gasteiger partial charge in [0, 0.05) is 19.1 Å². The Balaban J connectivity index is 2.37. The van der Waals surface area contributed by atoms with Gasteiger partial charge in [0.25, 0.3) is 0 Å². The maximum absolute atomic E-state index is 12.1. The molecule has 5 nitrogen and oxygen atoms in total. The highest BCUT2D eigenvalue weighted by Crippen LogP contribution is 2.11. The minimum Gasteiger partial charge on any atom is -0.468 e. The first-order chi connectivity index (χ1) is 9.29. The molecule has 0 atom stereocenters. The van der Waals surface area contributed by atoms with Gasteiger partial charge >= 0.3 is 6.09 Å². The van der Waals surface area contributed by atoms with E-state index in [1.54, 1.807) is 11.2 Å². The monoisotopic (exact) mass is 282 g/mol. The average molecular weight is 282 g/mol. The van der Waals surface area contributed by atoms with Crippen molar-refractivity contribution in [2.45, 2.75) is 52.8 Å². The van der Waals surface area contributed by atoms with Gasteiger partial charge in [-0.15, -0.1) is 0 Å². The third-order valence-corrected chi connectivity index (χ3v) is 2.66. The highest BCUT2D eigenvalue weighted by atomic mass is 16.6. The quantitative estimate of drug-likeness (QED) is 0.815. The number of amides is 1. The van der Waals surface area contributed by atoms with Crippen LogP contribution in [0, 0.1) is 0 Å². The SMILES string of the molecule is CC(C)N(CCNCc1ccco1)C(=O)OC(C)(C)C. The molecular formula is C15H26N2O3. The number of furan rings is 1. The summed E-state index contributed by atoms with van der Waals surface area (Å²) in [7, 11) is 0. The molecule has 0 saturated carbocycles. The first kappa shape index (κ1) is 16.6. The third kappa shape index (κ3) is 6.10. The standard InChI is InChI=1S/C15H26N2O3/c1-12(2)17(14(18)20-15(3,4)5)9-8-16-11-13-7-6-10-19-13/h6-7,10,12,16H,8-9,11H2,1-5H3. The van der Waals surface area contributed by atoms with Crippen molar-refractivity contribution in [3.63, 3.8) is 0 Å². The van der Waals surface area contributed by atoms with Crippen LogP contribution in [0.1, 0.15) is 40.4 Å². The number of nitrogens with zero attached hydrogens (tertiary/aromatic N) is 1. The maximum Gasteiger partial charge on any atom is 0.410 e. The maximum atomic E-state index is 12.1. The van der Waals surface area contributed by atoms with Gasteiger partial charge < -0.3 is 19.4 Å². The van der Waals surface area contributed by atoms with E-state index in [0.29, 0.717) is 19.6 Å². The summed E-state index contributed by atoms with van der Waals surface area (Å²) < 4.78 is 10.6. The fraction of sp³-hybridized carbons (Fsp3) is 0.667. The molecule has 1 heterocycles. The van der Waals surface area contributed by atoms with Crippen molar-refractivity contribution in [2.75, 3.05) is 13.1 Å². The second-order valence-electron chi connectivity index (χ2n) is 6.02. The molecule has 0 spiro atoms. The molecule has 0 bridgehead atoms. The van der Waals surface area contributed by atoms with E-state index >= 15 is 0 Å². The van der Waals surface area contributed by atoms with Crippen LogP contribution in [0.2, 0.25) is 0 Å². The molecule has 114 valence electrons. The minimum atomic E-state index is -0.466. The summed E-state index contributed by atoms with van der Waals surface area (Å²) in [5.74, 6) is 0.887. The van der Waals surface area contributed by atoms with Crippen molar-refractivity contribution in [1.29, 1.82) is 0 Å². The highest BCUT2D eigenvalue weighted by molar-refractivity contribution is 5.68. The molecule has 0 unspecified atom stereocenters. The van der Waals surface area contributed by atoms with E-state index < -0.39 is 5.60 Å². The predicted molar refractivity (Wildman–Crippen MR) is 78.5 cm³/mol. The average Bonchev–Trinajstić information content (AvgIpc) is 2.78. The third-order valence-electron chi connectivity index (χ3n) is 2.66. The van der Waals surface area contributed by atoms with Gasteiger partial charge in [0.15, 0.2) is 0 Å². The lowest BCUT2D eigenvalue weighted by Crippen LogP contribution is -2.44. The molecule has 1 aromatic heterocycles. The van der Waals surface area contributed by atoms with E-state index in [-0.39, 0.29) is 12.1 Å². The van der Waals surface area contributed by atoms with Crippen LogP contribution in [0.5, 0.6) is 0 Å². The number of rotatable bonds is 6. The summed E-state index contributed by atoms with van der Waals surface area (Å²) in [5.41, 5.74) is -0.466. The van der Waals surface area contributed by atoms with E-state index in [1.807, 2.05) is 46.8 Å². The fourth-order valence-corrected chi connectivity index (χ4v) is 1.71. The molecule has 1 aromatic rings. The normalized spacial score (nSPS) is 11.7. The predicted octanol–water partition coefficient (Wildman–Crippen LogP) is 3.01. The lowest BCUT2D eigenvalue weighted by Gasteiger charge is -2.30. The van der Waals surface area contributed by atoms with Crippen molar-refractivity contribution in [3.8, 4) is 0 Å². The highest BCUT2D eigenvalue weighted by Gasteiger charge is 2.23. The topological polar surface area (TPSA) is 54.7 Å². The van der Waals surface area contributed by atoms with Gasteiger partial charge in [-0.3, -0.25) is 0 Å². The number of hydrogen-bond acceptors (Lipinski definition) is 4. The smallest absolute Gasteiger partial charge is 0.410 e. The molecule has 20 heavy (non-hydrogen) atoms. The van der Waals surface area contributed by atoms with E-state index in [1.165, 1.54) is 0 Å². The first-order valence-corrected chi connectivity index (χ1v) is 7.02. The molecule has 1 amide bonds. The van der Waals surface area contributed by atoms with Gasteiger partial charge in [-0.1, -0.05) is 0 Å². The zero-order chi connectivity index (χ0) is 15.2. The second kappa shape index (κ2) is 7.33. The molecule has 0 radical (unpaired) electrons. The van der Waals surface area contributed by atoms with Crippen LogP contribution < -0.4 is 5.32 Å². The Morgan fingerprint density at radius 1 is 1.45 bits per heavy atom. The van der Waals surface area contributed by atoms with E-state index in [2.05, 4.69) is 5.32 Å². The molecule has 0 aliphatic carbocycles. The van der Waals surface area contributed by atoms with E-state index in [4.69, 9.17) is 9.15 Å². The molecule has 0 fully saturated rings. The van der Waals surface area contributed by atoms with E-state index in [0.717, 1.165) is 5.76 Å². The Labute approximate surface area is 121 Å². The van der Waals surface area contributed by atoms with Gasteiger partial charge in [0.05, 0.1) is 12.8 Å². The van der Waals surface area contributed by atoms with Crippen molar-refractivity contribution in [3.05, 3.63) is 24.2 Å². The number of carbonyl (C=O) groups is 1. The number of nitrogens with one attached hydrogen (secondary N) is 1. The van der Waals surface area contributed by atoms with Crippen molar-refractivity contribution < 1.29 is 13.9 Å². The number of carbonyl (C=O) groups excluding carboxylic acids is 1. The lowest BCUT2D eigenvalue weighted by molar-refractivity contribution is 0.0193. The van der Waals surface area contributed by atoms with Crippen LogP contribution in [0.25, 0.3) is 0 Å². The van der Waals surface area contributed by atoms with Crippen LogP contribution in [-0.4, -0.2) is 35.7 Å². The Morgan fingerprint density at radius 3 is 2.65 bits per heavy atom. The summed E-state index contributed by atoms with van der Waals surface area (Å²) in [6.45, 7) is 11.5. The van der Waals surface area contributed by atoms with Gasteiger partial charge in [0.1, 0.15) is 11.4 Å². The Kier molecular flexibility index (Phi) is 6.07. The molecule has 0 saturated heterocycles. The van der Waals surface area contributed by atoms with Gasteiger partial charge in [0.2, 0.25) is 0 Å². The van der Waals surface area contributed by atoms with Crippen LogP contribution in [0.4, 0.5) is 4.79 Å². The van der Waals surface area contributed by atoms with Crippen molar-refractivity contribution in [1.82, 2.24) is 10.2 Å². The largest absolute Gasteiger partial charge is 0.468 e. The minimum absolute atomic E-state index is 0.107. The summed E-state index contributed by atoms with van der Waals surface area (Å²) in [5, 5.41) is 3.25. The molecule has 1 N–H and O–H groups in total. The molecule has 1 rings (SSSR count). The molecule has 0 aliphatic rings. The Hall–Kier alpha value is -1.49. The number of ether oxygens (including phenoxy) is 1. The summed E-state index contributed by atoms with van der Waals surface area (Å²) in [6.07, 6.45) is 1.38. The number of hydrogen-bond donors (Lipinski definition) is 1. The fourth-order valence-electron chi connectivity index (χ4n) is 1.71. The molecule has 5 heteroatoms. The van der Waals surface area contributed by atoms with Gasteiger partial charge in [-0.25, -0.2) is 4.79 Å². The van der Waals surface area contributed by atoms with Crippen LogP contribution in [-0.2, 0) is 11.3 Å². The van der Waals surface area contributed by atoms with Crippen molar-refractivity contribution >= 4 is 6.09 Å². The van der Waals surface area contributed by atoms with Crippen LogP contribution in [0.3, 0.4) is 0 Å². The zero-order valence-corrected chi connectivity index (χ0v) is 13.1. The molecular weight excluding hydrogens is 256 g/mol.